The molecule has 0 spiro atoms. The van der Waals surface area contributed by atoms with E-state index in [0.717, 1.165) is 18.9 Å². The average Bonchev–Trinajstić information content (AvgIpc) is 2.85. The highest BCUT2D eigenvalue weighted by molar-refractivity contribution is 7.09. The van der Waals surface area contributed by atoms with Crippen LogP contribution in [0.25, 0.3) is 0 Å². The van der Waals surface area contributed by atoms with Gasteiger partial charge in [-0.05, 0) is 18.9 Å². The largest absolute Gasteiger partial charge is 0.313 e. The monoisotopic (exact) mass is 296 g/mol. The molecule has 0 bridgehead atoms. The number of thiazole rings is 1. The maximum atomic E-state index is 4.86. The summed E-state index contributed by atoms with van der Waals surface area (Å²) in [5.41, 5.74) is 1.40. The van der Waals surface area contributed by atoms with Crippen LogP contribution in [0.1, 0.15) is 71.5 Å². The molecule has 0 aliphatic heterocycles. The molecule has 0 radical (unpaired) electrons. The molecule has 20 heavy (non-hydrogen) atoms. The van der Waals surface area contributed by atoms with Crippen LogP contribution in [-0.4, -0.2) is 17.6 Å². The highest BCUT2D eigenvalue weighted by Crippen LogP contribution is 2.26. The lowest BCUT2D eigenvalue weighted by Gasteiger charge is -2.26. The van der Waals surface area contributed by atoms with Crippen molar-refractivity contribution in [3.63, 3.8) is 0 Å². The van der Waals surface area contributed by atoms with Gasteiger partial charge >= 0.3 is 0 Å². The fourth-order valence-corrected chi connectivity index (χ4v) is 3.61. The molecular weight excluding hydrogens is 264 g/mol. The minimum absolute atomic E-state index is 0.163. The van der Waals surface area contributed by atoms with Crippen LogP contribution in [0.2, 0.25) is 0 Å². The van der Waals surface area contributed by atoms with Gasteiger partial charge in [-0.15, -0.1) is 11.3 Å². The van der Waals surface area contributed by atoms with Crippen LogP contribution in [0.15, 0.2) is 5.38 Å². The lowest BCUT2D eigenvalue weighted by atomic mass is 9.91. The van der Waals surface area contributed by atoms with Gasteiger partial charge in [0.2, 0.25) is 0 Å². The Morgan fingerprint density at radius 3 is 2.30 bits per heavy atom. The normalized spacial score (nSPS) is 13.9. The van der Waals surface area contributed by atoms with Crippen molar-refractivity contribution < 1.29 is 0 Å². The fourth-order valence-electron chi connectivity index (χ4n) is 2.53. The maximum Gasteiger partial charge on any atom is 0.0944 e. The molecule has 0 aliphatic rings. The van der Waals surface area contributed by atoms with Gasteiger partial charge in [0, 0.05) is 23.3 Å². The van der Waals surface area contributed by atoms with Crippen LogP contribution in [0.4, 0.5) is 0 Å². The van der Waals surface area contributed by atoms with Crippen molar-refractivity contribution in [3.8, 4) is 0 Å². The third kappa shape index (κ3) is 5.17. The summed E-state index contributed by atoms with van der Waals surface area (Å²) in [6.07, 6.45) is 4.76. The minimum atomic E-state index is 0.163. The van der Waals surface area contributed by atoms with Crippen LogP contribution in [0.5, 0.6) is 0 Å². The Balaban J connectivity index is 2.75. The Hall–Kier alpha value is -0.410. The summed E-state index contributed by atoms with van der Waals surface area (Å²) in [6, 6.07) is 0.573. The van der Waals surface area contributed by atoms with Gasteiger partial charge in [0.05, 0.1) is 10.7 Å². The number of nitrogens with one attached hydrogen (secondary N) is 1. The van der Waals surface area contributed by atoms with Gasteiger partial charge in [0.25, 0.3) is 0 Å². The molecule has 1 heterocycles. The smallest absolute Gasteiger partial charge is 0.0944 e. The van der Waals surface area contributed by atoms with Crippen molar-refractivity contribution in [2.24, 2.45) is 5.92 Å². The molecule has 116 valence electrons. The van der Waals surface area contributed by atoms with E-state index < -0.39 is 0 Å². The Labute approximate surface area is 129 Å². The summed E-state index contributed by atoms with van der Waals surface area (Å²) in [5.74, 6) is 0.753. The van der Waals surface area contributed by atoms with E-state index in [1.165, 1.54) is 30.0 Å². The van der Waals surface area contributed by atoms with E-state index >= 15 is 0 Å². The summed E-state index contributed by atoms with van der Waals surface area (Å²) in [6.45, 7) is 14.7. The van der Waals surface area contributed by atoms with E-state index in [9.17, 15) is 0 Å². The van der Waals surface area contributed by atoms with E-state index in [-0.39, 0.29) is 5.41 Å². The second-order valence-electron chi connectivity index (χ2n) is 6.72. The zero-order chi connectivity index (χ0) is 15.2. The maximum absolute atomic E-state index is 4.86. The molecule has 0 aliphatic carbocycles. The lowest BCUT2D eigenvalue weighted by Crippen LogP contribution is -2.38. The van der Waals surface area contributed by atoms with E-state index in [0.29, 0.717) is 6.04 Å². The molecule has 1 rings (SSSR count). The van der Waals surface area contributed by atoms with Gasteiger partial charge in [0.1, 0.15) is 0 Å². The van der Waals surface area contributed by atoms with E-state index in [2.05, 4.69) is 52.2 Å². The molecule has 1 atom stereocenters. The lowest BCUT2D eigenvalue weighted by molar-refractivity contribution is 0.331. The molecule has 0 amide bonds. The van der Waals surface area contributed by atoms with Crippen molar-refractivity contribution in [2.45, 2.75) is 78.7 Å². The first kappa shape index (κ1) is 17.6. The van der Waals surface area contributed by atoms with E-state index in [1.54, 1.807) is 0 Å². The van der Waals surface area contributed by atoms with Gasteiger partial charge in [-0.1, -0.05) is 54.4 Å². The highest BCUT2D eigenvalue weighted by Gasteiger charge is 2.22. The summed E-state index contributed by atoms with van der Waals surface area (Å²) >= 11 is 1.83. The topological polar surface area (TPSA) is 24.9 Å². The van der Waals surface area contributed by atoms with Gasteiger partial charge < -0.3 is 5.32 Å². The molecule has 1 N–H and O–H groups in total. The van der Waals surface area contributed by atoms with Crippen LogP contribution in [0, 0.1) is 5.92 Å². The van der Waals surface area contributed by atoms with Crippen molar-refractivity contribution in [3.05, 3.63) is 16.1 Å². The van der Waals surface area contributed by atoms with Crippen molar-refractivity contribution in [2.75, 3.05) is 6.54 Å². The quantitative estimate of drug-likeness (QED) is 0.746. The van der Waals surface area contributed by atoms with E-state index in [4.69, 9.17) is 4.98 Å². The zero-order valence-electron chi connectivity index (χ0n) is 14.1. The predicted octanol–water partition coefficient (Wildman–Crippen LogP) is 4.79. The third-order valence-corrected chi connectivity index (χ3v) is 4.86. The van der Waals surface area contributed by atoms with E-state index in [1.807, 2.05) is 11.3 Å². The second-order valence-corrected chi connectivity index (χ2v) is 7.66. The number of aromatic nitrogens is 1. The average molecular weight is 297 g/mol. The first-order chi connectivity index (χ1) is 9.42. The van der Waals surface area contributed by atoms with Crippen molar-refractivity contribution >= 4 is 11.3 Å². The van der Waals surface area contributed by atoms with Gasteiger partial charge in [-0.2, -0.15) is 0 Å². The first-order valence-corrected chi connectivity index (χ1v) is 8.98. The van der Waals surface area contributed by atoms with Crippen LogP contribution in [-0.2, 0) is 11.8 Å². The molecule has 3 heteroatoms. The molecule has 1 unspecified atom stereocenters. The Bertz CT molecular complexity index is 375. The summed E-state index contributed by atoms with van der Waals surface area (Å²) in [5, 5.41) is 7.26. The molecule has 0 saturated carbocycles. The van der Waals surface area contributed by atoms with Crippen molar-refractivity contribution in [1.82, 2.24) is 10.3 Å². The summed E-state index contributed by atoms with van der Waals surface area (Å²) < 4.78 is 0. The van der Waals surface area contributed by atoms with Gasteiger partial charge in [-0.3, -0.25) is 0 Å². The van der Waals surface area contributed by atoms with Crippen LogP contribution < -0.4 is 5.32 Å². The standard InChI is InChI=1S/C17H32N2S/c1-7-10-18-14(13(8-2)9-3)11-16-19-15(12-20-16)17(4,5)6/h12-14,18H,7-11H2,1-6H3. The zero-order valence-corrected chi connectivity index (χ0v) is 14.9. The highest BCUT2D eigenvalue weighted by atomic mass is 32.1. The third-order valence-electron chi connectivity index (χ3n) is 3.99. The Morgan fingerprint density at radius 2 is 1.85 bits per heavy atom. The van der Waals surface area contributed by atoms with Gasteiger partial charge in [0.15, 0.2) is 0 Å². The fraction of sp³-hybridized carbons (Fsp3) is 0.824. The van der Waals surface area contributed by atoms with Crippen molar-refractivity contribution in [1.29, 1.82) is 0 Å². The SMILES string of the molecule is CCCNC(Cc1nc(C(C)(C)C)cs1)C(CC)CC. The molecule has 1 aromatic heterocycles. The second kappa shape index (κ2) is 8.14. The number of hydrogen-bond donors (Lipinski definition) is 1. The Kier molecular flexibility index (Phi) is 7.18. The number of nitrogens with zero attached hydrogens (tertiary/aromatic N) is 1. The Morgan fingerprint density at radius 1 is 1.20 bits per heavy atom. The molecule has 2 nitrogen and oxygen atoms in total. The van der Waals surface area contributed by atoms with Crippen LogP contribution in [0.3, 0.4) is 0 Å². The minimum Gasteiger partial charge on any atom is -0.313 e. The molecule has 0 saturated heterocycles. The summed E-state index contributed by atoms with van der Waals surface area (Å²) in [4.78, 5) is 4.86. The predicted molar refractivity (Wildman–Crippen MR) is 90.7 cm³/mol. The molecule has 0 fully saturated rings. The molecule has 0 aromatic carbocycles. The first-order valence-electron chi connectivity index (χ1n) is 8.10. The molecular formula is C17H32N2S. The number of rotatable bonds is 8. The summed E-state index contributed by atoms with van der Waals surface area (Å²) in [7, 11) is 0. The molecule has 1 aromatic rings. The van der Waals surface area contributed by atoms with Gasteiger partial charge in [-0.25, -0.2) is 4.98 Å². The number of hydrogen-bond acceptors (Lipinski definition) is 3. The van der Waals surface area contributed by atoms with Crippen LogP contribution >= 0.6 is 11.3 Å².